The maximum atomic E-state index is 6.76. The Morgan fingerprint density at radius 2 is 1.18 bits per heavy atom. The van der Waals surface area contributed by atoms with E-state index in [2.05, 4.69) is 172 Å². The van der Waals surface area contributed by atoms with Crippen molar-refractivity contribution in [3.63, 3.8) is 0 Å². The first kappa shape index (κ1) is 31.6. The molecule has 3 heterocycles. The van der Waals surface area contributed by atoms with E-state index in [0.717, 1.165) is 66.1 Å². The van der Waals surface area contributed by atoms with Crippen molar-refractivity contribution in [1.82, 2.24) is 0 Å². The first-order valence-corrected chi connectivity index (χ1v) is 20.0. The average Bonchev–Trinajstić information content (AvgIpc) is 3.92. The molecule has 12 aromatic rings. The van der Waals surface area contributed by atoms with Gasteiger partial charge in [-0.05, 0) is 141 Å². The summed E-state index contributed by atoms with van der Waals surface area (Å²) in [6.45, 7) is 6.58. The summed E-state index contributed by atoms with van der Waals surface area (Å²) in [4.78, 5) is 0. The second-order valence-electron chi connectivity index (χ2n) is 15.4. The van der Waals surface area contributed by atoms with Crippen LogP contribution in [0.3, 0.4) is 0 Å². The van der Waals surface area contributed by atoms with Gasteiger partial charge in [0.05, 0.1) is 0 Å². The highest BCUT2D eigenvalue weighted by Crippen LogP contribution is 2.47. The molecule has 0 aliphatic rings. The van der Waals surface area contributed by atoms with E-state index in [1.807, 2.05) is 11.3 Å². The number of benzene rings is 9. The normalized spacial score (nSPS) is 12.2. The van der Waals surface area contributed by atoms with Crippen molar-refractivity contribution in [2.45, 2.75) is 20.8 Å². The lowest BCUT2D eigenvalue weighted by Gasteiger charge is -2.13. The molecule has 0 bridgehead atoms. The van der Waals surface area contributed by atoms with Crippen LogP contribution in [0.4, 0.5) is 0 Å². The Balaban J connectivity index is 1.15. The summed E-state index contributed by atoms with van der Waals surface area (Å²) in [5, 5.41) is 12.2. The molecule has 0 radical (unpaired) electrons. The standard InChI is InChI=1S/C53H34O2S/c1-29-22-41(52-44(23-29)43-25-34(17-20-46(43)54-52)32-11-5-4-6-12-32)35-16-19-38-42(26-35)40(28-47-49(38)39-15-9-10-30(2)51(39)55-47)36-24-31(3)53-45(27-36)50-37-14-8-7-13-33(37)18-21-48(50)56-53/h4-28H,1-3H3. The van der Waals surface area contributed by atoms with Gasteiger partial charge in [0.15, 0.2) is 0 Å². The van der Waals surface area contributed by atoms with Crippen LogP contribution in [0.25, 0.3) is 119 Å². The third-order valence-corrected chi connectivity index (χ3v) is 13.2. The molecule has 0 aliphatic heterocycles. The minimum Gasteiger partial charge on any atom is -0.456 e. The zero-order valence-electron chi connectivity index (χ0n) is 31.2. The zero-order chi connectivity index (χ0) is 37.2. The van der Waals surface area contributed by atoms with Crippen LogP contribution in [0.2, 0.25) is 0 Å². The van der Waals surface area contributed by atoms with Crippen LogP contribution in [0.1, 0.15) is 16.7 Å². The van der Waals surface area contributed by atoms with Gasteiger partial charge in [0.25, 0.3) is 0 Å². The molecular formula is C53H34O2S. The Labute approximate surface area is 326 Å². The van der Waals surface area contributed by atoms with Crippen LogP contribution in [0.15, 0.2) is 160 Å². The fourth-order valence-electron chi connectivity index (χ4n) is 9.28. The maximum absolute atomic E-state index is 6.76. The Bertz CT molecular complexity index is 3610. The summed E-state index contributed by atoms with van der Waals surface area (Å²) in [5.41, 5.74) is 14.3. The largest absolute Gasteiger partial charge is 0.456 e. The number of para-hydroxylation sites is 1. The minimum absolute atomic E-state index is 0.897. The molecule has 0 N–H and O–H groups in total. The van der Waals surface area contributed by atoms with Crippen LogP contribution in [-0.2, 0) is 0 Å². The number of thiophene rings is 1. The summed E-state index contributed by atoms with van der Waals surface area (Å²) in [7, 11) is 0. The van der Waals surface area contributed by atoms with E-state index in [1.165, 1.54) is 69.5 Å². The molecular weight excluding hydrogens is 701 g/mol. The number of furan rings is 2. The number of hydrogen-bond donors (Lipinski definition) is 0. The number of fused-ring (bicyclic) bond motifs is 13. The van der Waals surface area contributed by atoms with E-state index in [1.54, 1.807) is 0 Å². The number of hydrogen-bond acceptors (Lipinski definition) is 3. The monoisotopic (exact) mass is 734 g/mol. The lowest BCUT2D eigenvalue weighted by atomic mass is 9.90. The third-order valence-electron chi connectivity index (χ3n) is 11.9. The van der Waals surface area contributed by atoms with Gasteiger partial charge >= 0.3 is 0 Å². The number of rotatable bonds is 3. The van der Waals surface area contributed by atoms with E-state index in [4.69, 9.17) is 8.83 Å². The average molecular weight is 735 g/mol. The van der Waals surface area contributed by atoms with E-state index in [0.29, 0.717) is 0 Å². The Kier molecular flexibility index (Phi) is 6.59. The van der Waals surface area contributed by atoms with E-state index >= 15 is 0 Å². The third kappa shape index (κ3) is 4.55. The highest BCUT2D eigenvalue weighted by molar-refractivity contribution is 7.26. The quantitative estimate of drug-likeness (QED) is 0.181. The highest BCUT2D eigenvalue weighted by Gasteiger charge is 2.21. The lowest BCUT2D eigenvalue weighted by molar-refractivity contribution is 0.666. The van der Waals surface area contributed by atoms with Gasteiger partial charge in [-0.3, -0.25) is 0 Å². The fraction of sp³-hybridized carbons (Fsp3) is 0.0566. The molecule has 0 saturated heterocycles. The van der Waals surface area contributed by atoms with Crippen molar-refractivity contribution in [2.75, 3.05) is 0 Å². The molecule has 0 amide bonds. The molecule has 12 rings (SSSR count). The lowest BCUT2D eigenvalue weighted by Crippen LogP contribution is -1.88. The molecule has 0 unspecified atom stereocenters. The first-order valence-electron chi connectivity index (χ1n) is 19.2. The van der Waals surface area contributed by atoms with Gasteiger partial charge in [0.2, 0.25) is 0 Å². The van der Waals surface area contributed by atoms with Gasteiger partial charge in [-0.15, -0.1) is 11.3 Å². The van der Waals surface area contributed by atoms with Crippen molar-refractivity contribution in [3.05, 3.63) is 168 Å². The Morgan fingerprint density at radius 1 is 0.393 bits per heavy atom. The van der Waals surface area contributed by atoms with Crippen LogP contribution in [0, 0.1) is 20.8 Å². The second kappa shape index (κ2) is 11.7. The first-order chi connectivity index (χ1) is 27.5. The predicted octanol–water partition coefficient (Wildman–Crippen LogP) is 16.1. The van der Waals surface area contributed by atoms with E-state index in [-0.39, 0.29) is 0 Å². The summed E-state index contributed by atoms with van der Waals surface area (Å²) < 4.78 is 16.2. The predicted molar refractivity (Wildman–Crippen MR) is 239 cm³/mol. The highest BCUT2D eigenvalue weighted by atomic mass is 32.1. The van der Waals surface area contributed by atoms with E-state index in [9.17, 15) is 0 Å². The summed E-state index contributed by atoms with van der Waals surface area (Å²) in [6.07, 6.45) is 0. The molecule has 56 heavy (non-hydrogen) atoms. The second-order valence-corrected chi connectivity index (χ2v) is 16.5. The number of aryl methyl sites for hydroxylation is 3. The molecule has 0 fully saturated rings. The van der Waals surface area contributed by atoms with Gasteiger partial charge < -0.3 is 8.83 Å². The molecule has 2 nitrogen and oxygen atoms in total. The molecule has 0 atom stereocenters. The topological polar surface area (TPSA) is 26.3 Å². The van der Waals surface area contributed by atoms with Gasteiger partial charge in [-0.2, -0.15) is 0 Å². The van der Waals surface area contributed by atoms with Crippen LogP contribution in [-0.4, -0.2) is 0 Å². The Hall–Kier alpha value is -6.68. The van der Waals surface area contributed by atoms with Crippen molar-refractivity contribution >= 4 is 96.9 Å². The zero-order valence-corrected chi connectivity index (χ0v) is 32.0. The molecule has 0 saturated carbocycles. The van der Waals surface area contributed by atoms with Gasteiger partial charge in [0, 0.05) is 47.3 Å². The maximum Gasteiger partial charge on any atom is 0.143 e. The minimum atomic E-state index is 0.897. The molecule has 0 aliphatic carbocycles. The van der Waals surface area contributed by atoms with Crippen molar-refractivity contribution in [3.8, 4) is 33.4 Å². The van der Waals surface area contributed by atoms with Gasteiger partial charge in [-0.25, -0.2) is 0 Å². The molecule has 0 spiro atoms. The van der Waals surface area contributed by atoms with Crippen molar-refractivity contribution in [2.24, 2.45) is 0 Å². The van der Waals surface area contributed by atoms with E-state index < -0.39 is 0 Å². The smallest absolute Gasteiger partial charge is 0.143 e. The molecule has 9 aromatic carbocycles. The molecule has 3 aromatic heterocycles. The van der Waals surface area contributed by atoms with Gasteiger partial charge in [0.1, 0.15) is 22.3 Å². The molecule has 3 heteroatoms. The fourth-order valence-corrected chi connectivity index (χ4v) is 10.4. The summed E-state index contributed by atoms with van der Waals surface area (Å²) >= 11 is 1.89. The van der Waals surface area contributed by atoms with Gasteiger partial charge in [-0.1, -0.05) is 97.1 Å². The van der Waals surface area contributed by atoms with Crippen LogP contribution < -0.4 is 0 Å². The van der Waals surface area contributed by atoms with Crippen molar-refractivity contribution in [1.29, 1.82) is 0 Å². The van der Waals surface area contributed by atoms with Crippen molar-refractivity contribution < 1.29 is 8.83 Å². The SMILES string of the molecule is Cc1cc(-c2ccc3c(c2)c(-c2cc(C)c4sc5ccc6ccccc6c5c4c2)cc2oc4c(C)cccc4c23)c2oc3ccc(-c4ccccc4)cc3c2c1. The summed E-state index contributed by atoms with van der Waals surface area (Å²) in [5.74, 6) is 0. The van der Waals surface area contributed by atoms with Crippen LogP contribution >= 0.6 is 11.3 Å². The van der Waals surface area contributed by atoms with Crippen LogP contribution in [0.5, 0.6) is 0 Å². The Morgan fingerprint density at radius 3 is 2.09 bits per heavy atom. The molecule has 264 valence electrons. The summed E-state index contributed by atoms with van der Waals surface area (Å²) in [6, 6.07) is 55.5.